The van der Waals surface area contributed by atoms with Gasteiger partial charge in [-0.25, -0.2) is 0 Å². The first-order valence-corrected chi connectivity index (χ1v) is 5.99. The molecule has 84 valence electrons. The molecule has 0 aromatic heterocycles. The number of halogens is 1. The molecule has 0 aliphatic heterocycles. The van der Waals surface area contributed by atoms with Gasteiger partial charge in [-0.3, -0.25) is 0 Å². The number of hydrogen-bond donors (Lipinski definition) is 1. The Labute approximate surface area is 97.6 Å². The van der Waals surface area contributed by atoms with Crippen molar-refractivity contribution in [1.82, 2.24) is 0 Å². The van der Waals surface area contributed by atoms with Crippen LogP contribution in [0.4, 0.5) is 0 Å². The number of benzene rings is 1. The van der Waals surface area contributed by atoms with Gasteiger partial charge < -0.3 is 5.73 Å². The summed E-state index contributed by atoms with van der Waals surface area (Å²) in [6.07, 6.45) is 2.25. The van der Waals surface area contributed by atoms with Crippen LogP contribution in [0.3, 0.4) is 0 Å². The predicted octanol–water partition coefficient (Wildman–Crippen LogP) is 4.08. The Morgan fingerprint density at radius 2 is 1.87 bits per heavy atom. The topological polar surface area (TPSA) is 26.0 Å². The van der Waals surface area contributed by atoms with E-state index in [0.29, 0.717) is 5.92 Å². The number of nitrogens with two attached hydrogens (primary N) is 1. The lowest BCUT2D eigenvalue weighted by molar-refractivity contribution is 0.404. The van der Waals surface area contributed by atoms with E-state index in [4.69, 9.17) is 17.3 Å². The lowest BCUT2D eigenvalue weighted by atomic mass is 9.87. The maximum absolute atomic E-state index is 6.27. The van der Waals surface area contributed by atoms with E-state index < -0.39 is 0 Å². The highest BCUT2D eigenvalue weighted by Crippen LogP contribution is 2.28. The Hall–Kier alpha value is -0.530. The molecule has 1 unspecified atom stereocenters. The van der Waals surface area contributed by atoms with E-state index in [1.807, 2.05) is 12.1 Å². The maximum atomic E-state index is 6.27. The first-order chi connectivity index (χ1) is 7.10. The van der Waals surface area contributed by atoms with Crippen molar-refractivity contribution in [2.24, 2.45) is 11.7 Å². The van der Waals surface area contributed by atoms with E-state index in [2.05, 4.69) is 26.8 Å². The average Bonchev–Trinajstić information content (AvgIpc) is 2.19. The highest BCUT2D eigenvalue weighted by molar-refractivity contribution is 6.30. The van der Waals surface area contributed by atoms with Gasteiger partial charge in [-0.15, -0.1) is 0 Å². The predicted molar refractivity (Wildman–Crippen MR) is 67.2 cm³/mol. The fraction of sp³-hybridized carbons (Fsp3) is 0.538. The third kappa shape index (κ3) is 2.96. The molecule has 1 atom stereocenters. The molecule has 2 heteroatoms. The molecule has 0 aliphatic carbocycles. The van der Waals surface area contributed by atoms with Crippen LogP contribution in [0.5, 0.6) is 0 Å². The van der Waals surface area contributed by atoms with Gasteiger partial charge in [-0.05, 0) is 36.1 Å². The van der Waals surface area contributed by atoms with Gasteiger partial charge in [-0.1, -0.05) is 44.4 Å². The summed E-state index contributed by atoms with van der Waals surface area (Å²) in [4.78, 5) is 0. The Morgan fingerprint density at radius 3 is 2.33 bits per heavy atom. The normalized spacial score (nSPS) is 13.2. The zero-order valence-corrected chi connectivity index (χ0v) is 10.5. The lowest BCUT2D eigenvalue weighted by Gasteiger charge is -2.23. The molecule has 0 bridgehead atoms. The van der Waals surface area contributed by atoms with Crippen molar-refractivity contribution < 1.29 is 0 Å². The van der Waals surface area contributed by atoms with E-state index in [1.54, 1.807) is 0 Å². The summed E-state index contributed by atoms with van der Waals surface area (Å²) in [5.41, 5.74) is 8.69. The third-order valence-corrected chi connectivity index (χ3v) is 3.38. The zero-order valence-electron chi connectivity index (χ0n) is 9.76. The SMILES string of the molecule is CCC(CC)C(N)c1ccc(Cl)cc1C. The van der Waals surface area contributed by atoms with Crippen LogP contribution in [0.1, 0.15) is 43.9 Å². The maximum Gasteiger partial charge on any atom is 0.0408 e. The monoisotopic (exact) mass is 225 g/mol. The molecular formula is C13H20ClN. The molecule has 0 fully saturated rings. The van der Waals surface area contributed by atoms with Crippen LogP contribution in [-0.4, -0.2) is 0 Å². The van der Waals surface area contributed by atoms with E-state index in [1.165, 1.54) is 11.1 Å². The quantitative estimate of drug-likeness (QED) is 0.821. The molecule has 1 nitrogen and oxygen atoms in total. The molecule has 1 rings (SSSR count). The summed E-state index contributed by atoms with van der Waals surface area (Å²) >= 11 is 5.93. The van der Waals surface area contributed by atoms with Crippen LogP contribution in [-0.2, 0) is 0 Å². The second-order valence-corrected chi connectivity index (χ2v) is 4.54. The molecule has 0 radical (unpaired) electrons. The minimum atomic E-state index is 0.136. The largest absolute Gasteiger partial charge is 0.324 e. The van der Waals surface area contributed by atoms with Crippen LogP contribution in [0.15, 0.2) is 18.2 Å². The Balaban J connectivity index is 2.94. The summed E-state index contributed by atoms with van der Waals surface area (Å²) in [7, 11) is 0. The fourth-order valence-corrected chi connectivity index (χ4v) is 2.29. The van der Waals surface area contributed by atoms with Crippen molar-refractivity contribution in [2.45, 2.75) is 39.7 Å². The van der Waals surface area contributed by atoms with Crippen molar-refractivity contribution in [1.29, 1.82) is 0 Å². The smallest absolute Gasteiger partial charge is 0.0408 e. The fourth-order valence-electron chi connectivity index (χ4n) is 2.06. The molecule has 0 aliphatic rings. The molecular weight excluding hydrogens is 206 g/mol. The molecule has 2 N–H and O–H groups in total. The van der Waals surface area contributed by atoms with Gasteiger partial charge in [0.05, 0.1) is 0 Å². The van der Waals surface area contributed by atoms with Crippen molar-refractivity contribution in [3.8, 4) is 0 Å². The summed E-state index contributed by atoms with van der Waals surface area (Å²) in [5, 5.41) is 0.785. The third-order valence-electron chi connectivity index (χ3n) is 3.15. The van der Waals surface area contributed by atoms with Crippen molar-refractivity contribution in [2.75, 3.05) is 0 Å². The summed E-state index contributed by atoms with van der Waals surface area (Å²) < 4.78 is 0. The van der Waals surface area contributed by atoms with Gasteiger partial charge in [0.25, 0.3) is 0 Å². The van der Waals surface area contributed by atoms with Crippen LogP contribution in [0, 0.1) is 12.8 Å². The standard InChI is InChI=1S/C13H20ClN/c1-4-10(5-2)13(15)12-7-6-11(14)8-9(12)3/h6-8,10,13H,4-5,15H2,1-3H3. The van der Waals surface area contributed by atoms with Crippen molar-refractivity contribution >= 4 is 11.6 Å². The highest BCUT2D eigenvalue weighted by Gasteiger charge is 2.17. The van der Waals surface area contributed by atoms with E-state index in [0.717, 1.165) is 17.9 Å². The average molecular weight is 226 g/mol. The molecule has 0 saturated heterocycles. The van der Waals surface area contributed by atoms with Crippen molar-refractivity contribution in [3.05, 3.63) is 34.3 Å². The van der Waals surface area contributed by atoms with Crippen LogP contribution in [0.25, 0.3) is 0 Å². The molecule has 15 heavy (non-hydrogen) atoms. The van der Waals surface area contributed by atoms with E-state index in [9.17, 15) is 0 Å². The number of aryl methyl sites for hydroxylation is 1. The number of rotatable bonds is 4. The molecule has 0 heterocycles. The molecule has 1 aromatic carbocycles. The first kappa shape index (κ1) is 12.5. The molecule has 0 saturated carbocycles. The Morgan fingerprint density at radius 1 is 1.27 bits per heavy atom. The molecule has 0 amide bonds. The summed E-state index contributed by atoms with van der Waals surface area (Å²) in [5.74, 6) is 0.560. The van der Waals surface area contributed by atoms with Gasteiger partial charge in [0.2, 0.25) is 0 Å². The summed E-state index contributed by atoms with van der Waals surface area (Å²) in [6, 6.07) is 6.10. The van der Waals surface area contributed by atoms with Crippen LogP contribution >= 0.6 is 11.6 Å². The first-order valence-electron chi connectivity index (χ1n) is 5.61. The highest BCUT2D eigenvalue weighted by atomic mass is 35.5. The van der Waals surface area contributed by atoms with Crippen LogP contribution < -0.4 is 5.73 Å². The minimum Gasteiger partial charge on any atom is -0.324 e. The Bertz CT molecular complexity index is 318. The van der Waals surface area contributed by atoms with Gasteiger partial charge in [-0.2, -0.15) is 0 Å². The lowest BCUT2D eigenvalue weighted by Crippen LogP contribution is -2.21. The van der Waals surface area contributed by atoms with E-state index >= 15 is 0 Å². The zero-order chi connectivity index (χ0) is 11.4. The van der Waals surface area contributed by atoms with Crippen molar-refractivity contribution in [3.63, 3.8) is 0 Å². The minimum absolute atomic E-state index is 0.136. The van der Waals surface area contributed by atoms with Gasteiger partial charge in [0.15, 0.2) is 0 Å². The molecule has 0 spiro atoms. The van der Waals surface area contributed by atoms with Gasteiger partial charge in [0.1, 0.15) is 0 Å². The number of hydrogen-bond acceptors (Lipinski definition) is 1. The summed E-state index contributed by atoms with van der Waals surface area (Å²) in [6.45, 7) is 6.46. The Kier molecular flexibility index (Phi) is 4.62. The van der Waals surface area contributed by atoms with E-state index in [-0.39, 0.29) is 6.04 Å². The van der Waals surface area contributed by atoms with Gasteiger partial charge in [0, 0.05) is 11.1 Å². The second kappa shape index (κ2) is 5.53. The molecule has 1 aromatic rings. The van der Waals surface area contributed by atoms with Crippen LogP contribution in [0.2, 0.25) is 5.02 Å². The van der Waals surface area contributed by atoms with Gasteiger partial charge >= 0.3 is 0 Å². The second-order valence-electron chi connectivity index (χ2n) is 4.10.